The number of aromatic nitrogens is 4. The molecule has 0 bridgehead atoms. The van der Waals surface area contributed by atoms with Gasteiger partial charge in [-0.1, -0.05) is 12.1 Å². The monoisotopic (exact) mass is 414 g/mol. The summed E-state index contributed by atoms with van der Waals surface area (Å²) in [5, 5.41) is 10.8. The van der Waals surface area contributed by atoms with Crippen LogP contribution in [0.3, 0.4) is 0 Å². The van der Waals surface area contributed by atoms with E-state index in [1.54, 1.807) is 42.7 Å². The average Bonchev–Trinajstić information content (AvgIpc) is 3.32. The Bertz CT molecular complexity index is 1300. The largest absolute Gasteiger partial charge is 0.357 e. The molecule has 4 aromatic rings. The highest BCUT2D eigenvalue weighted by molar-refractivity contribution is 7.92. The fourth-order valence-corrected chi connectivity index (χ4v) is 3.53. The summed E-state index contributed by atoms with van der Waals surface area (Å²) in [6, 6.07) is 12.3. The lowest BCUT2D eigenvalue weighted by Gasteiger charge is -2.07. The van der Waals surface area contributed by atoms with E-state index < -0.39 is 10.0 Å². The molecule has 10 heteroatoms. The van der Waals surface area contributed by atoms with Gasteiger partial charge in [0.05, 0.1) is 11.9 Å². The van der Waals surface area contributed by atoms with Gasteiger partial charge in [0.25, 0.3) is 5.91 Å². The number of carbonyl (C=O) groups is 1. The summed E-state index contributed by atoms with van der Waals surface area (Å²) in [5.41, 5.74) is 3.80. The molecule has 0 unspecified atom stereocenters. The van der Waals surface area contributed by atoms with Crippen molar-refractivity contribution in [1.82, 2.24) is 25.5 Å². The van der Waals surface area contributed by atoms with E-state index in [-0.39, 0.29) is 15.3 Å². The van der Waals surface area contributed by atoms with Gasteiger partial charge in [-0.05, 0) is 35.9 Å². The van der Waals surface area contributed by atoms with Crippen LogP contribution in [0, 0.1) is 0 Å². The maximum atomic E-state index is 12.5. The Kier molecular flexibility index (Phi) is 4.77. The molecule has 0 fully saturated rings. The molecule has 0 atom stereocenters. The summed E-state index contributed by atoms with van der Waals surface area (Å²) in [7, 11) is -3.36. The van der Waals surface area contributed by atoms with Crippen molar-refractivity contribution in [1.29, 1.82) is 0 Å². The Morgan fingerprint density at radius 2 is 2.07 bits per heavy atom. The third-order valence-electron chi connectivity index (χ3n) is 4.23. The van der Waals surface area contributed by atoms with Gasteiger partial charge in [-0.15, -0.1) is 0 Å². The number of H-pyrrole nitrogens is 2. The molecule has 0 aliphatic heterocycles. The summed E-state index contributed by atoms with van der Waals surface area (Å²) in [6.45, 7) is 0.253. The number of fused-ring (bicyclic) bond motifs is 1. The van der Waals surface area contributed by atoms with E-state index in [1.165, 1.54) is 0 Å². The topological polar surface area (TPSA) is 133 Å². The molecule has 0 aliphatic rings. The minimum absolute atomic E-state index is 0. The van der Waals surface area contributed by atoms with Gasteiger partial charge in [0.2, 0.25) is 10.0 Å². The number of hydrogen-bond acceptors (Lipinski definition) is 5. The first-order chi connectivity index (χ1) is 13.9. The lowest BCUT2D eigenvalue weighted by molar-refractivity contribution is 0.0946. The summed E-state index contributed by atoms with van der Waals surface area (Å²) in [6.07, 6.45) is 4.48. The Hall–Kier alpha value is -3.66. The maximum absolute atomic E-state index is 12.5. The van der Waals surface area contributed by atoms with Gasteiger partial charge in [-0.2, -0.15) is 5.10 Å². The first kappa shape index (κ1) is 18.7. The van der Waals surface area contributed by atoms with Crippen LogP contribution in [-0.4, -0.2) is 40.7 Å². The molecule has 0 aliphatic carbocycles. The van der Waals surface area contributed by atoms with Gasteiger partial charge < -0.3 is 10.3 Å². The fraction of sp³-hybridized carbons (Fsp3) is 0.105. The molecule has 0 saturated carbocycles. The second-order valence-electron chi connectivity index (χ2n) is 6.53. The van der Waals surface area contributed by atoms with Gasteiger partial charge in [0.1, 0.15) is 5.69 Å². The molecule has 3 heterocycles. The molecular weight excluding hydrogens is 392 g/mol. The minimum atomic E-state index is -3.36. The zero-order valence-corrected chi connectivity index (χ0v) is 16.2. The van der Waals surface area contributed by atoms with Crippen molar-refractivity contribution in [3.8, 4) is 11.3 Å². The van der Waals surface area contributed by atoms with Gasteiger partial charge in [-0.3, -0.25) is 14.6 Å². The Labute approximate surface area is 169 Å². The number of amides is 1. The lowest BCUT2D eigenvalue weighted by atomic mass is 10.1. The van der Waals surface area contributed by atoms with E-state index in [0.29, 0.717) is 17.0 Å². The first-order valence-corrected chi connectivity index (χ1v) is 10.6. The lowest BCUT2D eigenvalue weighted by Crippen LogP contribution is -2.23. The molecule has 0 saturated heterocycles. The van der Waals surface area contributed by atoms with Crippen LogP contribution in [0.25, 0.3) is 22.3 Å². The van der Waals surface area contributed by atoms with E-state index in [0.717, 1.165) is 28.5 Å². The first-order valence-electron chi connectivity index (χ1n) is 8.72. The second-order valence-corrected chi connectivity index (χ2v) is 8.28. The van der Waals surface area contributed by atoms with Crippen LogP contribution in [0.2, 0.25) is 0 Å². The van der Waals surface area contributed by atoms with E-state index in [2.05, 4.69) is 30.2 Å². The highest BCUT2D eigenvalue weighted by atomic mass is 32.2. The number of anilines is 1. The van der Waals surface area contributed by atoms with Crippen molar-refractivity contribution >= 4 is 32.7 Å². The normalized spacial score (nSPS) is 11.5. The Balaban J connectivity index is 0.00000171. The summed E-state index contributed by atoms with van der Waals surface area (Å²) < 4.78 is 25.1. The van der Waals surface area contributed by atoms with E-state index >= 15 is 0 Å². The van der Waals surface area contributed by atoms with Crippen molar-refractivity contribution in [3.05, 3.63) is 66.1 Å². The van der Waals surface area contributed by atoms with Crippen molar-refractivity contribution in [3.63, 3.8) is 0 Å². The highest BCUT2D eigenvalue weighted by Crippen LogP contribution is 2.25. The van der Waals surface area contributed by atoms with Gasteiger partial charge in [-0.25, -0.2) is 13.4 Å². The molecule has 3 aromatic heterocycles. The van der Waals surface area contributed by atoms with Crippen LogP contribution in [0.15, 0.2) is 54.9 Å². The quantitative estimate of drug-likeness (QED) is 0.385. The molecule has 0 radical (unpaired) electrons. The molecule has 4 N–H and O–H groups in total. The Morgan fingerprint density at radius 1 is 1.21 bits per heavy atom. The molecule has 0 spiro atoms. The van der Waals surface area contributed by atoms with Crippen LogP contribution in [-0.2, 0) is 16.6 Å². The molecule has 9 nitrogen and oxygen atoms in total. The van der Waals surface area contributed by atoms with Crippen LogP contribution in [0.1, 0.15) is 18.9 Å². The number of carbonyl (C=O) groups excluding carboxylic acids is 1. The number of rotatable bonds is 6. The van der Waals surface area contributed by atoms with Crippen LogP contribution in [0.4, 0.5) is 5.69 Å². The van der Waals surface area contributed by atoms with Crippen molar-refractivity contribution < 1.29 is 16.1 Å². The summed E-state index contributed by atoms with van der Waals surface area (Å²) >= 11 is 0. The summed E-state index contributed by atoms with van der Waals surface area (Å²) in [5.74, 6) is -0.278. The van der Waals surface area contributed by atoms with Crippen molar-refractivity contribution in [2.45, 2.75) is 6.54 Å². The number of pyridine rings is 1. The van der Waals surface area contributed by atoms with Crippen LogP contribution in [0.5, 0.6) is 0 Å². The standard InChI is InChI=1S/C19H18N6O3S.2H2/c1-29(27,28)25-14-5-2-4-12(8-14)10-22-19(26)16-9-13(11-21-16)17-15-6-3-7-20-18(15)24-23-17;;/h2-9,11,21,25H,10H2,1H3,(H,22,26)(H,20,23,24);2*1H. The zero-order chi connectivity index (χ0) is 20.4. The third-order valence-corrected chi connectivity index (χ3v) is 4.84. The maximum Gasteiger partial charge on any atom is 0.267 e. The van der Waals surface area contributed by atoms with Crippen LogP contribution < -0.4 is 10.0 Å². The van der Waals surface area contributed by atoms with E-state index in [9.17, 15) is 13.2 Å². The van der Waals surface area contributed by atoms with Gasteiger partial charge in [0, 0.05) is 38.4 Å². The molecular formula is C19H22N6O3S. The smallest absolute Gasteiger partial charge is 0.267 e. The number of sulfonamides is 1. The Morgan fingerprint density at radius 3 is 2.90 bits per heavy atom. The van der Waals surface area contributed by atoms with Crippen molar-refractivity contribution in [2.24, 2.45) is 0 Å². The SMILES string of the molecule is CS(=O)(=O)Nc1cccc(CNC(=O)c2cc(-c3[nH]nc4ncccc34)c[nH]2)c1.[HH].[HH]. The highest BCUT2D eigenvalue weighted by Gasteiger charge is 2.13. The van der Waals surface area contributed by atoms with E-state index in [1.807, 2.05) is 12.1 Å². The molecule has 4 rings (SSSR count). The number of nitrogens with zero attached hydrogens (tertiary/aromatic N) is 2. The van der Waals surface area contributed by atoms with E-state index in [4.69, 9.17) is 0 Å². The number of nitrogens with one attached hydrogen (secondary N) is 4. The van der Waals surface area contributed by atoms with Crippen LogP contribution >= 0.6 is 0 Å². The number of aromatic amines is 2. The number of benzene rings is 1. The zero-order valence-electron chi connectivity index (χ0n) is 15.4. The molecule has 1 amide bonds. The second kappa shape index (κ2) is 7.40. The fourth-order valence-electron chi connectivity index (χ4n) is 2.98. The summed E-state index contributed by atoms with van der Waals surface area (Å²) in [4.78, 5) is 19.6. The minimum Gasteiger partial charge on any atom is -0.357 e. The molecule has 152 valence electrons. The average molecular weight is 414 g/mol. The van der Waals surface area contributed by atoms with Gasteiger partial charge >= 0.3 is 0 Å². The molecule has 29 heavy (non-hydrogen) atoms. The predicted molar refractivity (Wildman–Crippen MR) is 114 cm³/mol. The van der Waals surface area contributed by atoms with Gasteiger partial charge in [0.15, 0.2) is 5.65 Å². The predicted octanol–water partition coefficient (Wildman–Crippen LogP) is 2.75. The third kappa shape index (κ3) is 4.27. The number of hydrogen-bond donors (Lipinski definition) is 4. The molecule has 1 aromatic carbocycles. The van der Waals surface area contributed by atoms with Crippen molar-refractivity contribution in [2.75, 3.05) is 11.0 Å².